The molecule has 3 unspecified atom stereocenters. The van der Waals surface area contributed by atoms with Crippen LogP contribution in [0.1, 0.15) is 18.6 Å². The van der Waals surface area contributed by atoms with E-state index in [2.05, 4.69) is 4.90 Å². The Bertz CT molecular complexity index is 638. The largest absolute Gasteiger partial charge is 0.455 e. The number of fused-ring (bicyclic) bond motifs is 3. The second-order valence-corrected chi connectivity index (χ2v) is 5.73. The van der Waals surface area contributed by atoms with Crippen LogP contribution in [0.5, 0.6) is 0 Å². The van der Waals surface area contributed by atoms with Crippen LogP contribution in [0.3, 0.4) is 0 Å². The molecule has 1 aromatic carbocycles. The average molecular weight is 261 g/mol. The third-order valence-electron chi connectivity index (χ3n) is 4.68. The third kappa shape index (κ3) is 1.56. The Balaban J connectivity index is 1.83. The summed E-state index contributed by atoms with van der Waals surface area (Å²) in [6.45, 7) is 2.84. The summed E-state index contributed by atoms with van der Waals surface area (Å²) in [5, 5.41) is 11.7. The molecule has 1 aromatic heterocycles. The molecule has 3 heterocycles. The van der Waals surface area contributed by atoms with Crippen LogP contribution in [0.15, 0.2) is 28.7 Å². The van der Waals surface area contributed by atoms with Crippen molar-refractivity contribution in [3.05, 3.63) is 35.8 Å². The number of aliphatic hydroxyl groups is 1. The highest BCUT2D eigenvalue weighted by atomic mass is 19.1. The van der Waals surface area contributed by atoms with Gasteiger partial charge >= 0.3 is 0 Å². The number of rotatable bonds is 1. The normalized spacial score (nSPS) is 34.0. The number of hydrogen-bond acceptors (Lipinski definition) is 3. The first-order valence-electron chi connectivity index (χ1n) is 6.80. The minimum absolute atomic E-state index is 0.199. The van der Waals surface area contributed by atoms with E-state index in [1.165, 1.54) is 6.07 Å². The van der Waals surface area contributed by atoms with Crippen molar-refractivity contribution < 1.29 is 13.9 Å². The predicted molar refractivity (Wildman–Crippen MR) is 69.2 cm³/mol. The molecule has 2 fully saturated rings. The molecule has 100 valence electrons. The summed E-state index contributed by atoms with van der Waals surface area (Å²) < 4.78 is 19.3. The van der Waals surface area contributed by atoms with Gasteiger partial charge < -0.3 is 14.4 Å². The summed E-state index contributed by atoms with van der Waals surface area (Å²) in [5.74, 6) is 0.361. The van der Waals surface area contributed by atoms with E-state index >= 15 is 0 Å². The fourth-order valence-corrected chi connectivity index (χ4v) is 3.52. The lowest BCUT2D eigenvalue weighted by Crippen LogP contribution is -2.43. The van der Waals surface area contributed by atoms with Crippen LogP contribution in [-0.2, 0) is 5.60 Å². The van der Waals surface area contributed by atoms with Gasteiger partial charge in [-0.25, -0.2) is 4.39 Å². The zero-order valence-corrected chi connectivity index (χ0v) is 10.6. The molecule has 2 aliphatic heterocycles. The number of benzene rings is 1. The SMILES string of the molecule is OC1(c2cc3cccc(F)c3o2)CCN2CCC1C2. The number of nitrogens with zero attached hydrogens (tertiary/aromatic N) is 1. The highest BCUT2D eigenvalue weighted by molar-refractivity contribution is 5.78. The van der Waals surface area contributed by atoms with E-state index in [1.807, 2.05) is 6.07 Å². The fourth-order valence-electron chi connectivity index (χ4n) is 3.52. The second kappa shape index (κ2) is 3.81. The first-order chi connectivity index (χ1) is 9.17. The maximum absolute atomic E-state index is 13.7. The Morgan fingerprint density at radius 2 is 2.26 bits per heavy atom. The smallest absolute Gasteiger partial charge is 0.170 e. The van der Waals surface area contributed by atoms with Gasteiger partial charge in [-0.1, -0.05) is 12.1 Å². The summed E-state index contributed by atoms with van der Waals surface area (Å²) in [6.07, 6.45) is 1.65. The van der Waals surface area contributed by atoms with Gasteiger partial charge in [0.15, 0.2) is 11.4 Å². The highest BCUT2D eigenvalue weighted by Crippen LogP contribution is 2.44. The lowest BCUT2D eigenvalue weighted by atomic mass is 9.80. The lowest BCUT2D eigenvalue weighted by molar-refractivity contribution is -0.0654. The maximum atomic E-state index is 13.7. The second-order valence-electron chi connectivity index (χ2n) is 5.73. The van der Waals surface area contributed by atoms with E-state index in [9.17, 15) is 9.50 Å². The standard InChI is InChI=1S/C15H16FNO2/c16-12-3-1-2-10-8-13(19-14(10)12)15(18)5-7-17-6-4-11(15)9-17/h1-3,8,11,18H,4-7,9H2. The first-order valence-corrected chi connectivity index (χ1v) is 6.80. The molecule has 0 amide bonds. The van der Waals surface area contributed by atoms with E-state index < -0.39 is 5.60 Å². The van der Waals surface area contributed by atoms with Crippen molar-refractivity contribution in [3.8, 4) is 0 Å². The Morgan fingerprint density at radius 1 is 1.37 bits per heavy atom. The van der Waals surface area contributed by atoms with Crippen molar-refractivity contribution in [2.75, 3.05) is 19.6 Å². The van der Waals surface area contributed by atoms with Gasteiger partial charge in [-0.2, -0.15) is 0 Å². The van der Waals surface area contributed by atoms with Crippen molar-refractivity contribution >= 4 is 11.0 Å². The van der Waals surface area contributed by atoms with Crippen LogP contribution in [0, 0.1) is 11.7 Å². The molecule has 1 N–H and O–H groups in total. The lowest BCUT2D eigenvalue weighted by Gasteiger charge is -2.37. The van der Waals surface area contributed by atoms with Gasteiger partial charge in [-0.3, -0.25) is 0 Å². The van der Waals surface area contributed by atoms with Crippen molar-refractivity contribution in [2.24, 2.45) is 5.92 Å². The summed E-state index contributed by atoms with van der Waals surface area (Å²) >= 11 is 0. The van der Waals surface area contributed by atoms with E-state index in [1.54, 1.807) is 12.1 Å². The van der Waals surface area contributed by atoms with Crippen LogP contribution in [0.2, 0.25) is 0 Å². The van der Waals surface area contributed by atoms with Gasteiger partial charge in [0.25, 0.3) is 0 Å². The molecular formula is C15H16FNO2. The topological polar surface area (TPSA) is 36.6 Å². The number of halogens is 1. The van der Waals surface area contributed by atoms with Crippen molar-refractivity contribution in [2.45, 2.75) is 18.4 Å². The van der Waals surface area contributed by atoms with Crippen LogP contribution in [0.25, 0.3) is 11.0 Å². The first kappa shape index (κ1) is 11.4. The van der Waals surface area contributed by atoms with Gasteiger partial charge in [0.05, 0.1) is 0 Å². The molecular weight excluding hydrogens is 245 g/mol. The Kier molecular flexibility index (Phi) is 2.29. The molecule has 2 aliphatic rings. The highest BCUT2D eigenvalue weighted by Gasteiger charge is 2.48. The van der Waals surface area contributed by atoms with Crippen molar-refractivity contribution in [3.63, 3.8) is 0 Å². The van der Waals surface area contributed by atoms with E-state index in [-0.39, 0.29) is 17.3 Å². The zero-order chi connectivity index (χ0) is 13.0. The van der Waals surface area contributed by atoms with Crippen LogP contribution in [0.4, 0.5) is 4.39 Å². The van der Waals surface area contributed by atoms with Gasteiger partial charge in [-0.05, 0) is 31.5 Å². The van der Waals surface area contributed by atoms with E-state index in [4.69, 9.17) is 4.42 Å². The van der Waals surface area contributed by atoms with Crippen LogP contribution in [-0.4, -0.2) is 29.6 Å². The summed E-state index contributed by atoms with van der Waals surface area (Å²) in [7, 11) is 0. The van der Waals surface area contributed by atoms with Crippen molar-refractivity contribution in [1.82, 2.24) is 4.90 Å². The number of furan rings is 1. The van der Waals surface area contributed by atoms with Gasteiger partial charge in [0.2, 0.25) is 0 Å². The summed E-state index contributed by atoms with van der Waals surface area (Å²) in [5.41, 5.74) is -0.676. The quantitative estimate of drug-likeness (QED) is 0.856. The zero-order valence-electron chi connectivity index (χ0n) is 10.6. The molecule has 2 saturated heterocycles. The fraction of sp³-hybridized carbons (Fsp3) is 0.467. The van der Waals surface area contributed by atoms with Crippen LogP contribution < -0.4 is 0 Å². The molecule has 0 saturated carbocycles. The Hall–Kier alpha value is -1.39. The van der Waals surface area contributed by atoms with E-state index in [0.717, 1.165) is 31.4 Å². The molecule has 19 heavy (non-hydrogen) atoms. The number of hydrogen-bond donors (Lipinski definition) is 1. The summed E-state index contributed by atoms with van der Waals surface area (Å²) in [6, 6.07) is 6.67. The molecule has 0 aliphatic carbocycles. The maximum Gasteiger partial charge on any atom is 0.170 e. The molecule has 0 spiro atoms. The monoisotopic (exact) mass is 261 g/mol. The Morgan fingerprint density at radius 3 is 3.11 bits per heavy atom. The van der Waals surface area contributed by atoms with Crippen molar-refractivity contribution in [1.29, 1.82) is 0 Å². The van der Waals surface area contributed by atoms with E-state index in [0.29, 0.717) is 12.2 Å². The van der Waals surface area contributed by atoms with Crippen LogP contribution >= 0.6 is 0 Å². The van der Waals surface area contributed by atoms with Gasteiger partial charge in [0, 0.05) is 24.4 Å². The molecule has 0 radical (unpaired) electrons. The molecule has 3 nitrogen and oxygen atoms in total. The number of piperidine rings is 1. The predicted octanol–water partition coefficient (Wildman–Crippen LogP) is 2.49. The molecule has 4 rings (SSSR count). The van der Waals surface area contributed by atoms with Gasteiger partial charge in [-0.15, -0.1) is 0 Å². The average Bonchev–Trinajstić information content (AvgIpc) is 3.01. The molecule has 3 atom stereocenters. The minimum atomic E-state index is -0.932. The minimum Gasteiger partial charge on any atom is -0.455 e. The van der Waals surface area contributed by atoms with Gasteiger partial charge in [0.1, 0.15) is 11.4 Å². The number of para-hydroxylation sites is 1. The molecule has 4 heteroatoms. The summed E-state index contributed by atoms with van der Waals surface area (Å²) in [4.78, 5) is 2.36. The molecule has 2 aromatic rings. The molecule has 2 bridgehead atoms. The third-order valence-corrected chi connectivity index (χ3v) is 4.68. The Labute approximate surface area is 110 Å².